The van der Waals surface area contributed by atoms with Gasteiger partial charge in [-0.2, -0.15) is 8.78 Å². The number of nitrogens with zero attached hydrogens (tertiary/aromatic N) is 5. The first kappa shape index (κ1) is 18.5. The number of benzene rings is 1. The first-order valence-corrected chi connectivity index (χ1v) is 7.87. The van der Waals surface area contributed by atoms with Gasteiger partial charge in [-0.3, -0.25) is 4.98 Å². The maximum Gasteiger partial charge on any atom is 0.316 e. The Kier molecular flexibility index (Phi) is 5.19. The van der Waals surface area contributed by atoms with Crippen LogP contribution in [0.5, 0.6) is 0 Å². The maximum absolute atomic E-state index is 14.3. The molecule has 0 aliphatic carbocycles. The zero-order valence-corrected chi connectivity index (χ0v) is 14.1. The van der Waals surface area contributed by atoms with Crippen molar-refractivity contribution in [1.82, 2.24) is 25.2 Å². The lowest BCUT2D eigenvalue weighted by molar-refractivity contribution is -0.124. The molecule has 1 atom stereocenters. The summed E-state index contributed by atoms with van der Waals surface area (Å²) in [6, 6.07) is 7.03. The third kappa shape index (κ3) is 4.30. The van der Waals surface area contributed by atoms with E-state index in [1.807, 2.05) is 0 Å². The van der Waals surface area contributed by atoms with Crippen LogP contribution in [0.4, 0.5) is 13.2 Å². The number of hydrogen-bond acceptors (Lipinski definition) is 5. The van der Waals surface area contributed by atoms with Crippen molar-refractivity contribution in [3.05, 3.63) is 71.1 Å². The lowest BCUT2D eigenvalue weighted by Crippen LogP contribution is -2.35. The van der Waals surface area contributed by atoms with Gasteiger partial charge in [0.2, 0.25) is 0 Å². The monoisotopic (exact) mass is 373 g/mol. The van der Waals surface area contributed by atoms with Gasteiger partial charge in [-0.15, -0.1) is 5.10 Å². The molecule has 2 heterocycles. The number of alkyl halides is 2. The van der Waals surface area contributed by atoms with E-state index in [0.717, 1.165) is 28.8 Å². The zero-order chi connectivity index (χ0) is 19.4. The van der Waals surface area contributed by atoms with Crippen molar-refractivity contribution in [2.75, 3.05) is 0 Å². The minimum atomic E-state index is -3.61. The van der Waals surface area contributed by atoms with Gasteiger partial charge >= 0.3 is 5.92 Å². The molecule has 3 rings (SSSR count). The summed E-state index contributed by atoms with van der Waals surface area (Å²) >= 11 is 0. The molecule has 0 radical (unpaired) electrons. The highest BCUT2D eigenvalue weighted by molar-refractivity contribution is 5.43. The molecule has 0 aliphatic rings. The molecule has 138 valence electrons. The summed E-state index contributed by atoms with van der Waals surface area (Å²) in [4.78, 5) is 3.68. The molecule has 6 nitrogen and oxygen atoms in total. The van der Waals surface area contributed by atoms with Gasteiger partial charge in [-0.1, -0.05) is 17.9 Å². The van der Waals surface area contributed by atoms with Gasteiger partial charge < -0.3 is 5.11 Å². The fourth-order valence-corrected chi connectivity index (χ4v) is 2.25. The second-order valence-corrected chi connectivity index (χ2v) is 5.84. The van der Waals surface area contributed by atoms with Crippen molar-refractivity contribution >= 4 is 0 Å². The van der Waals surface area contributed by atoms with Crippen molar-refractivity contribution in [3.8, 4) is 11.8 Å². The van der Waals surface area contributed by atoms with Crippen molar-refractivity contribution < 1.29 is 18.3 Å². The summed E-state index contributed by atoms with van der Waals surface area (Å²) in [6.45, 7) is 1.27. The largest absolute Gasteiger partial charge is 0.384 e. The summed E-state index contributed by atoms with van der Waals surface area (Å²) in [5.74, 6) is 1.25. The van der Waals surface area contributed by atoms with Crippen LogP contribution in [-0.2, 0) is 12.5 Å². The summed E-state index contributed by atoms with van der Waals surface area (Å²) < 4.78 is 43.4. The molecule has 0 saturated heterocycles. The van der Waals surface area contributed by atoms with E-state index in [2.05, 4.69) is 32.4 Å². The van der Waals surface area contributed by atoms with Crippen LogP contribution in [-0.4, -0.2) is 36.4 Å². The SMILES string of the molecule is Cc1ccc(C#Cc2ccc(C(F)(F)C(O)Cn3cnnn3)nc2)c(F)c1. The molecule has 3 aromatic rings. The van der Waals surface area contributed by atoms with E-state index in [-0.39, 0.29) is 5.56 Å². The number of aliphatic hydroxyl groups is 1. The Morgan fingerprint density at radius 1 is 1.22 bits per heavy atom. The summed E-state index contributed by atoms with van der Waals surface area (Å²) in [5, 5.41) is 19.9. The predicted octanol–water partition coefficient (Wildman–Crippen LogP) is 2.07. The van der Waals surface area contributed by atoms with Crippen LogP contribution in [0.1, 0.15) is 22.4 Å². The van der Waals surface area contributed by atoms with Crippen LogP contribution < -0.4 is 0 Å². The van der Waals surface area contributed by atoms with Crippen LogP contribution in [0.25, 0.3) is 0 Å². The fourth-order valence-electron chi connectivity index (χ4n) is 2.25. The second kappa shape index (κ2) is 7.55. The Labute approximate surface area is 152 Å². The lowest BCUT2D eigenvalue weighted by Gasteiger charge is -2.21. The molecule has 0 aliphatic heterocycles. The average molecular weight is 373 g/mol. The molecule has 0 saturated carbocycles. The molecule has 0 fully saturated rings. The first-order chi connectivity index (χ1) is 12.9. The quantitative estimate of drug-likeness (QED) is 0.709. The van der Waals surface area contributed by atoms with Crippen LogP contribution in [0.2, 0.25) is 0 Å². The number of halogens is 3. The van der Waals surface area contributed by atoms with Gasteiger partial charge in [-0.25, -0.2) is 9.07 Å². The van der Waals surface area contributed by atoms with Crippen molar-refractivity contribution in [2.45, 2.75) is 25.5 Å². The molecule has 27 heavy (non-hydrogen) atoms. The molecule has 0 bridgehead atoms. The highest BCUT2D eigenvalue weighted by Gasteiger charge is 2.42. The number of hydrogen-bond donors (Lipinski definition) is 1. The van der Waals surface area contributed by atoms with Gasteiger partial charge in [0.15, 0.2) is 0 Å². The third-order valence-electron chi connectivity index (χ3n) is 3.74. The van der Waals surface area contributed by atoms with Gasteiger partial charge in [0.25, 0.3) is 0 Å². The lowest BCUT2D eigenvalue weighted by atomic mass is 10.1. The normalized spacial score (nSPS) is 12.3. The molecule has 1 aromatic carbocycles. The van der Waals surface area contributed by atoms with E-state index in [9.17, 15) is 18.3 Å². The standard InChI is InChI=1S/C18H14F3N5O/c1-12-2-5-14(15(19)8-12)6-3-13-4-7-16(22-9-13)18(20,21)17(27)10-26-11-23-24-25-26/h2,4-5,7-9,11,17,27H,10H2,1H3. The minimum absolute atomic E-state index is 0.201. The Hall–Kier alpha value is -3.25. The van der Waals surface area contributed by atoms with Crippen LogP contribution in [0.15, 0.2) is 42.9 Å². The maximum atomic E-state index is 14.3. The van der Waals surface area contributed by atoms with E-state index in [4.69, 9.17) is 0 Å². The molecule has 1 N–H and O–H groups in total. The van der Waals surface area contributed by atoms with E-state index < -0.39 is 30.1 Å². The van der Waals surface area contributed by atoms with Gasteiger partial charge in [0, 0.05) is 11.8 Å². The number of rotatable bonds is 4. The molecular weight excluding hydrogens is 359 g/mol. The molecule has 2 aromatic heterocycles. The number of aromatic nitrogens is 5. The van der Waals surface area contributed by atoms with E-state index in [1.54, 1.807) is 19.1 Å². The molecule has 0 amide bonds. The molecule has 0 spiro atoms. The van der Waals surface area contributed by atoms with Gasteiger partial charge in [0.05, 0.1) is 12.1 Å². The topological polar surface area (TPSA) is 76.7 Å². The minimum Gasteiger partial charge on any atom is -0.384 e. The number of aliphatic hydroxyl groups excluding tert-OH is 1. The number of aryl methyl sites for hydroxylation is 1. The molecular formula is C18H14F3N5O. The zero-order valence-electron chi connectivity index (χ0n) is 14.1. The Bertz CT molecular complexity index is 978. The van der Waals surface area contributed by atoms with Crippen LogP contribution >= 0.6 is 0 Å². The van der Waals surface area contributed by atoms with Gasteiger partial charge in [0.1, 0.15) is 23.9 Å². The Balaban J connectivity index is 1.75. The second-order valence-electron chi connectivity index (χ2n) is 5.84. The number of tetrazole rings is 1. The highest BCUT2D eigenvalue weighted by atomic mass is 19.3. The number of pyridine rings is 1. The summed E-state index contributed by atoms with van der Waals surface area (Å²) in [5.41, 5.74) is 0.693. The predicted molar refractivity (Wildman–Crippen MR) is 89.1 cm³/mol. The van der Waals surface area contributed by atoms with E-state index >= 15 is 0 Å². The van der Waals surface area contributed by atoms with Crippen LogP contribution in [0, 0.1) is 24.6 Å². The average Bonchev–Trinajstić information content (AvgIpc) is 3.14. The molecule has 9 heteroatoms. The Morgan fingerprint density at radius 2 is 2.04 bits per heavy atom. The first-order valence-electron chi connectivity index (χ1n) is 7.87. The summed E-state index contributed by atoms with van der Waals surface area (Å²) in [7, 11) is 0. The van der Waals surface area contributed by atoms with Crippen molar-refractivity contribution in [1.29, 1.82) is 0 Å². The van der Waals surface area contributed by atoms with E-state index in [0.29, 0.717) is 5.56 Å². The summed E-state index contributed by atoms with van der Waals surface area (Å²) in [6.07, 6.45) is 0.203. The third-order valence-corrected chi connectivity index (χ3v) is 3.74. The highest BCUT2D eigenvalue weighted by Crippen LogP contribution is 2.31. The molecule has 1 unspecified atom stereocenters. The van der Waals surface area contributed by atoms with E-state index in [1.165, 1.54) is 12.1 Å². The van der Waals surface area contributed by atoms with Crippen molar-refractivity contribution in [3.63, 3.8) is 0 Å². The smallest absolute Gasteiger partial charge is 0.316 e. The van der Waals surface area contributed by atoms with Crippen molar-refractivity contribution in [2.24, 2.45) is 0 Å². The van der Waals surface area contributed by atoms with Gasteiger partial charge in [-0.05, 0) is 47.2 Å². The van der Waals surface area contributed by atoms with Crippen LogP contribution in [0.3, 0.4) is 0 Å². The fraction of sp³-hybridized carbons (Fsp3) is 0.222. The Morgan fingerprint density at radius 3 is 2.67 bits per heavy atom.